The highest BCUT2D eigenvalue weighted by molar-refractivity contribution is 6.31. The van der Waals surface area contributed by atoms with Gasteiger partial charge in [0.1, 0.15) is 5.82 Å². The number of H-pyrrole nitrogens is 1. The van der Waals surface area contributed by atoms with Crippen LogP contribution in [-0.2, 0) is 11.3 Å². The molecule has 8 heteroatoms. The molecule has 2 rings (SSSR count). The third kappa shape index (κ3) is 3.96. The summed E-state index contributed by atoms with van der Waals surface area (Å²) >= 11 is 5.95. The predicted molar refractivity (Wildman–Crippen MR) is 75.8 cm³/mol. The highest BCUT2D eigenvalue weighted by Gasteiger charge is 2.24. The SMILES string of the molecule is O=C(NCc1ncc[nH]1)N[C@@H](C(=O)O)c1ccccc1Cl. The molecule has 1 aromatic heterocycles. The van der Waals surface area contributed by atoms with Crippen molar-refractivity contribution in [3.05, 3.63) is 53.1 Å². The molecule has 4 N–H and O–H groups in total. The van der Waals surface area contributed by atoms with Gasteiger partial charge in [0.05, 0.1) is 6.54 Å². The van der Waals surface area contributed by atoms with Gasteiger partial charge in [0.2, 0.25) is 0 Å². The minimum atomic E-state index is -1.23. The number of aromatic amines is 1. The first-order valence-electron chi connectivity index (χ1n) is 6.08. The first-order chi connectivity index (χ1) is 10.1. The van der Waals surface area contributed by atoms with Crippen molar-refractivity contribution in [3.63, 3.8) is 0 Å². The van der Waals surface area contributed by atoms with Crippen LogP contribution in [0.4, 0.5) is 4.79 Å². The van der Waals surface area contributed by atoms with E-state index in [0.717, 1.165) is 0 Å². The molecule has 2 aromatic rings. The number of nitrogens with one attached hydrogen (secondary N) is 3. The highest BCUT2D eigenvalue weighted by atomic mass is 35.5. The van der Waals surface area contributed by atoms with Gasteiger partial charge in [-0.25, -0.2) is 14.6 Å². The van der Waals surface area contributed by atoms with Gasteiger partial charge in [-0.2, -0.15) is 0 Å². The monoisotopic (exact) mass is 308 g/mol. The van der Waals surface area contributed by atoms with Crippen LogP contribution in [0.25, 0.3) is 0 Å². The molecule has 0 bridgehead atoms. The van der Waals surface area contributed by atoms with Crippen LogP contribution in [0.15, 0.2) is 36.7 Å². The maximum absolute atomic E-state index is 11.8. The summed E-state index contributed by atoms with van der Waals surface area (Å²) in [4.78, 5) is 29.8. The Morgan fingerprint density at radius 2 is 2.14 bits per heavy atom. The van der Waals surface area contributed by atoms with E-state index in [0.29, 0.717) is 11.4 Å². The molecular weight excluding hydrogens is 296 g/mol. The third-order valence-corrected chi connectivity index (χ3v) is 3.05. The van der Waals surface area contributed by atoms with Crippen LogP contribution < -0.4 is 10.6 Å². The first-order valence-corrected chi connectivity index (χ1v) is 6.45. The minimum absolute atomic E-state index is 0.160. The van der Waals surface area contributed by atoms with Gasteiger partial charge in [-0.3, -0.25) is 0 Å². The highest BCUT2D eigenvalue weighted by Crippen LogP contribution is 2.22. The number of carboxylic acids is 1. The van der Waals surface area contributed by atoms with Crippen LogP contribution in [0.5, 0.6) is 0 Å². The van der Waals surface area contributed by atoms with E-state index < -0.39 is 18.0 Å². The number of nitrogens with zero attached hydrogens (tertiary/aromatic N) is 1. The van der Waals surface area contributed by atoms with Crippen LogP contribution in [0, 0.1) is 0 Å². The number of benzene rings is 1. The normalized spacial score (nSPS) is 11.7. The number of hydrogen-bond donors (Lipinski definition) is 4. The van der Waals surface area contributed by atoms with Crippen LogP contribution in [-0.4, -0.2) is 27.1 Å². The fourth-order valence-electron chi connectivity index (χ4n) is 1.72. The number of urea groups is 1. The second-order valence-electron chi connectivity index (χ2n) is 4.16. The Bertz CT molecular complexity index is 630. The zero-order valence-corrected chi connectivity index (χ0v) is 11.6. The van der Waals surface area contributed by atoms with Crippen molar-refractivity contribution in [2.24, 2.45) is 0 Å². The number of carbonyl (C=O) groups excluding carboxylic acids is 1. The van der Waals surface area contributed by atoms with E-state index in [4.69, 9.17) is 11.6 Å². The van der Waals surface area contributed by atoms with Crippen molar-refractivity contribution in [2.75, 3.05) is 0 Å². The lowest BCUT2D eigenvalue weighted by molar-refractivity contribution is -0.139. The Hall–Kier alpha value is -2.54. The molecule has 110 valence electrons. The number of halogens is 1. The van der Waals surface area contributed by atoms with E-state index in [-0.39, 0.29) is 11.6 Å². The number of amides is 2. The summed E-state index contributed by atoms with van der Waals surface area (Å²) < 4.78 is 0. The molecule has 0 unspecified atom stereocenters. The summed E-state index contributed by atoms with van der Waals surface area (Å²) in [5.74, 6) is -0.633. The topological polar surface area (TPSA) is 107 Å². The second kappa shape index (κ2) is 6.76. The molecule has 0 aliphatic heterocycles. The van der Waals surface area contributed by atoms with E-state index in [1.807, 2.05) is 0 Å². The summed E-state index contributed by atoms with van der Waals surface area (Å²) in [5, 5.41) is 14.4. The van der Waals surface area contributed by atoms with E-state index >= 15 is 0 Å². The summed E-state index contributed by atoms with van der Waals surface area (Å²) in [6.07, 6.45) is 3.18. The molecule has 0 fully saturated rings. The zero-order valence-electron chi connectivity index (χ0n) is 10.8. The smallest absolute Gasteiger partial charge is 0.331 e. The molecule has 2 amide bonds. The van der Waals surface area contributed by atoms with Crippen LogP contribution >= 0.6 is 11.6 Å². The second-order valence-corrected chi connectivity index (χ2v) is 4.56. The van der Waals surface area contributed by atoms with E-state index in [1.54, 1.807) is 36.7 Å². The van der Waals surface area contributed by atoms with Crippen molar-refractivity contribution < 1.29 is 14.7 Å². The molecule has 21 heavy (non-hydrogen) atoms. The molecule has 1 atom stereocenters. The zero-order chi connectivity index (χ0) is 15.2. The van der Waals surface area contributed by atoms with Gasteiger partial charge in [-0.15, -0.1) is 0 Å². The van der Waals surface area contributed by atoms with Crippen LogP contribution in [0.2, 0.25) is 5.02 Å². The Labute approximate surface area is 125 Å². The molecule has 0 aliphatic rings. The molecule has 0 radical (unpaired) electrons. The summed E-state index contributed by atoms with van der Waals surface area (Å²) in [5.41, 5.74) is 0.319. The quantitative estimate of drug-likeness (QED) is 0.674. The fourth-order valence-corrected chi connectivity index (χ4v) is 1.97. The number of aromatic nitrogens is 2. The van der Waals surface area contributed by atoms with Crippen LogP contribution in [0.1, 0.15) is 17.4 Å². The molecule has 0 saturated heterocycles. The van der Waals surface area contributed by atoms with Gasteiger partial charge in [0.25, 0.3) is 0 Å². The average molecular weight is 309 g/mol. The first kappa shape index (κ1) is 14.9. The number of aliphatic carboxylic acids is 1. The number of rotatable bonds is 5. The standard InChI is InChI=1S/C13H13ClN4O3/c14-9-4-2-1-3-8(9)11(12(19)20)18-13(21)17-7-10-15-5-6-16-10/h1-6,11H,7H2,(H,15,16)(H,19,20)(H2,17,18,21)/t11-/m1/s1. The lowest BCUT2D eigenvalue weighted by Gasteiger charge is -2.16. The Balaban J connectivity index is 2.01. The van der Waals surface area contributed by atoms with Gasteiger partial charge in [-0.1, -0.05) is 29.8 Å². The molecule has 0 spiro atoms. The van der Waals surface area contributed by atoms with Gasteiger partial charge >= 0.3 is 12.0 Å². The Morgan fingerprint density at radius 3 is 2.76 bits per heavy atom. The molecule has 0 aliphatic carbocycles. The lowest BCUT2D eigenvalue weighted by atomic mass is 10.1. The van der Waals surface area contributed by atoms with Crippen molar-refractivity contribution in [3.8, 4) is 0 Å². The number of imidazole rings is 1. The summed E-state index contributed by atoms with van der Waals surface area (Å²) in [6, 6.07) is 4.60. The number of carboxylic acid groups (broad SMARTS) is 1. The molecule has 0 saturated carbocycles. The third-order valence-electron chi connectivity index (χ3n) is 2.71. The van der Waals surface area contributed by atoms with Gasteiger partial charge in [0.15, 0.2) is 6.04 Å². The molecule has 1 aromatic carbocycles. The van der Waals surface area contributed by atoms with Crippen molar-refractivity contribution in [2.45, 2.75) is 12.6 Å². The fraction of sp³-hybridized carbons (Fsp3) is 0.154. The van der Waals surface area contributed by atoms with Crippen molar-refractivity contribution >= 4 is 23.6 Å². The van der Waals surface area contributed by atoms with Crippen molar-refractivity contribution in [1.82, 2.24) is 20.6 Å². The average Bonchev–Trinajstić information content (AvgIpc) is 2.96. The van der Waals surface area contributed by atoms with Crippen LogP contribution in [0.3, 0.4) is 0 Å². The summed E-state index contributed by atoms with van der Waals surface area (Å²) in [6.45, 7) is 0.160. The lowest BCUT2D eigenvalue weighted by Crippen LogP contribution is -2.40. The maximum Gasteiger partial charge on any atom is 0.331 e. The van der Waals surface area contributed by atoms with Crippen molar-refractivity contribution in [1.29, 1.82) is 0 Å². The summed E-state index contributed by atoms with van der Waals surface area (Å²) in [7, 11) is 0. The van der Waals surface area contributed by atoms with E-state index in [2.05, 4.69) is 20.6 Å². The Kier molecular flexibility index (Phi) is 4.78. The van der Waals surface area contributed by atoms with E-state index in [9.17, 15) is 14.7 Å². The van der Waals surface area contributed by atoms with Gasteiger partial charge < -0.3 is 20.7 Å². The van der Waals surface area contributed by atoms with E-state index in [1.165, 1.54) is 0 Å². The number of carbonyl (C=O) groups is 2. The molecular formula is C13H13ClN4O3. The Morgan fingerprint density at radius 1 is 1.38 bits per heavy atom. The minimum Gasteiger partial charge on any atom is -0.479 e. The number of hydrogen-bond acceptors (Lipinski definition) is 3. The largest absolute Gasteiger partial charge is 0.479 e. The van der Waals surface area contributed by atoms with Gasteiger partial charge in [0, 0.05) is 23.0 Å². The molecule has 7 nitrogen and oxygen atoms in total. The predicted octanol–water partition coefficient (Wildman–Crippen LogP) is 1.69. The van der Waals surface area contributed by atoms with Gasteiger partial charge in [-0.05, 0) is 6.07 Å². The molecule has 1 heterocycles. The maximum atomic E-state index is 11.8.